The van der Waals surface area contributed by atoms with Crippen LogP contribution in [-0.2, 0) is 4.74 Å². The van der Waals surface area contributed by atoms with E-state index in [0.717, 1.165) is 32.3 Å². The number of hydrogen-bond donors (Lipinski definition) is 2. The molecule has 0 aromatic heterocycles. The Morgan fingerprint density at radius 1 is 1.14 bits per heavy atom. The summed E-state index contributed by atoms with van der Waals surface area (Å²) in [6.07, 6.45) is 6.40. The number of ether oxygens (including phenoxy) is 1. The van der Waals surface area contributed by atoms with Gasteiger partial charge in [0.05, 0.1) is 12.2 Å². The van der Waals surface area contributed by atoms with Gasteiger partial charge in [-0.1, -0.05) is 12.8 Å². The molecule has 1 unspecified atom stereocenters. The summed E-state index contributed by atoms with van der Waals surface area (Å²) in [7, 11) is 0. The Bertz CT molecular complexity index is 193. The van der Waals surface area contributed by atoms with E-state index >= 15 is 0 Å². The first-order valence-corrected chi connectivity index (χ1v) is 5.73. The Labute approximate surface area is 85.6 Å². The molecule has 1 saturated heterocycles. The van der Waals surface area contributed by atoms with Gasteiger partial charge in [0, 0.05) is 18.6 Å². The third-order valence-electron chi connectivity index (χ3n) is 4.16. The fraction of sp³-hybridized carbons (Fsp3) is 1.00. The van der Waals surface area contributed by atoms with Crippen molar-refractivity contribution in [3.8, 4) is 0 Å². The van der Waals surface area contributed by atoms with E-state index in [-0.39, 0.29) is 5.41 Å². The third kappa shape index (κ3) is 1.47. The fourth-order valence-electron chi connectivity index (χ4n) is 3.11. The quantitative estimate of drug-likeness (QED) is 0.699. The molecule has 0 aromatic rings. The lowest BCUT2D eigenvalue weighted by Crippen LogP contribution is -2.55. The van der Waals surface area contributed by atoms with Crippen molar-refractivity contribution in [2.45, 2.75) is 44.1 Å². The predicted molar refractivity (Wildman–Crippen MR) is 55.0 cm³/mol. The van der Waals surface area contributed by atoms with Crippen LogP contribution in [0.25, 0.3) is 0 Å². The lowest BCUT2D eigenvalue weighted by molar-refractivity contribution is -0.157. The first-order chi connectivity index (χ1) is 6.72. The lowest BCUT2D eigenvalue weighted by atomic mass is 9.68. The van der Waals surface area contributed by atoms with Crippen molar-refractivity contribution in [2.24, 2.45) is 11.1 Å². The minimum absolute atomic E-state index is 0.0482. The number of hydrogen-bond acceptors (Lipinski definition) is 3. The minimum Gasteiger partial charge on any atom is -0.387 e. The van der Waals surface area contributed by atoms with Gasteiger partial charge in [0.2, 0.25) is 0 Å². The second kappa shape index (κ2) is 3.80. The summed E-state index contributed by atoms with van der Waals surface area (Å²) in [4.78, 5) is 0. The van der Waals surface area contributed by atoms with Crippen molar-refractivity contribution < 1.29 is 9.84 Å². The smallest absolute Gasteiger partial charge is 0.0948 e. The second-order valence-electron chi connectivity index (χ2n) is 4.88. The molecule has 2 fully saturated rings. The Hall–Kier alpha value is -0.120. The normalized spacial score (nSPS) is 37.3. The maximum atomic E-state index is 10.6. The molecule has 3 N–H and O–H groups in total. The van der Waals surface area contributed by atoms with E-state index in [9.17, 15) is 5.11 Å². The largest absolute Gasteiger partial charge is 0.387 e. The molecule has 0 amide bonds. The van der Waals surface area contributed by atoms with E-state index in [1.807, 2.05) is 0 Å². The Balaban J connectivity index is 2.15. The fourth-order valence-corrected chi connectivity index (χ4v) is 3.11. The van der Waals surface area contributed by atoms with Crippen LogP contribution in [0.2, 0.25) is 0 Å². The molecule has 1 aliphatic heterocycles. The molecule has 0 radical (unpaired) electrons. The van der Waals surface area contributed by atoms with Crippen molar-refractivity contribution in [2.75, 3.05) is 19.8 Å². The first-order valence-electron chi connectivity index (χ1n) is 5.73. The molecular weight excluding hydrogens is 178 g/mol. The SMILES string of the molecule is NCC1(C2(O)CCCOC2)CCCC1. The van der Waals surface area contributed by atoms with Crippen molar-refractivity contribution in [3.05, 3.63) is 0 Å². The molecule has 0 aromatic carbocycles. The number of nitrogens with two attached hydrogens (primary N) is 1. The highest BCUT2D eigenvalue weighted by atomic mass is 16.5. The highest BCUT2D eigenvalue weighted by molar-refractivity contribution is 5.03. The van der Waals surface area contributed by atoms with Gasteiger partial charge in [0.15, 0.2) is 0 Å². The van der Waals surface area contributed by atoms with Crippen LogP contribution in [0.15, 0.2) is 0 Å². The van der Waals surface area contributed by atoms with Crippen molar-refractivity contribution >= 4 is 0 Å². The molecule has 0 spiro atoms. The average molecular weight is 199 g/mol. The van der Waals surface area contributed by atoms with Gasteiger partial charge in [-0.3, -0.25) is 0 Å². The van der Waals surface area contributed by atoms with Crippen LogP contribution in [0.1, 0.15) is 38.5 Å². The molecule has 1 atom stereocenters. The van der Waals surface area contributed by atoms with Gasteiger partial charge in [0.1, 0.15) is 0 Å². The van der Waals surface area contributed by atoms with E-state index in [2.05, 4.69) is 0 Å². The van der Waals surface area contributed by atoms with Gasteiger partial charge >= 0.3 is 0 Å². The molecule has 3 nitrogen and oxygen atoms in total. The van der Waals surface area contributed by atoms with Crippen molar-refractivity contribution in [1.29, 1.82) is 0 Å². The lowest BCUT2D eigenvalue weighted by Gasteiger charge is -2.46. The number of rotatable bonds is 2. The van der Waals surface area contributed by atoms with Gasteiger partial charge in [-0.15, -0.1) is 0 Å². The van der Waals surface area contributed by atoms with Crippen LogP contribution in [0.4, 0.5) is 0 Å². The first kappa shape index (κ1) is 10.4. The Morgan fingerprint density at radius 2 is 1.86 bits per heavy atom. The maximum absolute atomic E-state index is 10.6. The zero-order valence-electron chi connectivity index (χ0n) is 8.80. The van der Waals surface area contributed by atoms with E-state index in [1.54, 1.807) is 0 Å². The molecule has 0 bridgehead atoms. The summed E-state index contributed by atoms with van der Waals surface area (Å²) < 4.78 is 5.42. The van der Waals surface area contributed by atoms with E-state index in [4.69, 9.17) is 10.5 Å². The summed E-state index contributed by atoms with van der Waals surface area (Å²) in [5.41, 5.74) is 5.18. The van der Waals surface area contributed by atoms with Gasteiger partial charge in [-0.2, -0.15) is 0 Å². The molecular formula is C11H21NO2. The zero-order chi connectivity index (χ0) is 10.1. The van der Waals surface area contributed by atoms with Crippen LogP contribution in [0.3, 0.4) is 0 Å². The van der Waals surface area contributed by atoms with Crippen LogP contribution in [0.5, 0.6) is 0 Å². The van der Waals surface area contributed by atoms with E-state index in [0.29, 0.717) is 13.2 Å². The summed E-state index contributed by atoms with van der Waals surface area (Å²) in [5, 5.41) is 10.6. The zero-order valence-corrected chi connectivity index (χ0v) is 8.80. The number of aliphatic hydroxyl groups is 1. The van der Waals surface area contributed by atoms with Gasteiger partial charge in [-0.05, 0) is 25.7 Å². The predicted octanol–water partition coefficient (Wildman–Crippen LogP) is 1.05. The molecule has 82 valence electrons. The maximum Gasteiger partial charge on any atom is 0.0948 e. The summed E-state index contributed by atoms with van der Waals surface area (Å²) in [6, 6.07) is 0. The molecule has 1 saturated carbocycles. The molecule has 2 rings (SSSR count). The summed E-state index contributed by atoms with van der Waals surface area (Å²) >= 11 is 0. The molecule has 3 heteroatoms. The monoisotopic (exact) mass is 199 g/mol. The van der Waals surface area contributed by atoms with Crippen molar-refractivity contribution in [1.82, 2.24) is 0 Å². The third-order valence-corrected chi connectivity index (χ3v) is 4.16. The van der Waals surface area contributed by atoms with Crippen molar-refractivity contribution in [3.63, 3.8) is 0 Å². The van der Waals surface area contributed by atoms with E-state index in [1.165, 1.54) is 12.8 Å². The van der Waals surface area contributed by atoms with Gasteiger partial charge < -0.3 is 15.6 Å². The molecule has 2 aliphatic rings. The highest BCUT2D eigenvalue weighted by Gasteiger charge is 2.51. The second-order valence-corrected chi connectivity index (χ2v) is 4.88. The average Bonchev–Trinajstić information content (AvgIpc) is 2.68. The molecule has 1 heterocycles. The summed E-state index contributed by atoms with van der Waals surface area (Å²) in [6.45, 7) is 1.89. The van der Waals surface area contributed by atoms with Crippen LogP contribution in [-0.4, -0.2) is 30.5 Å². The van der Waals surface area contributed by atoms with E-state index < -0.39 is 5.60 Å². The summed E-state index contributed by atoms with van der Waals surface area (Å²) in [5.74, 6) is 0. The minimum atomic E-state index is -0.642. The Morgan fingerprint density at radius 3 is 2.36 bits per heavy atom. The van der Waals surface area contributed by atoms with Gasteiger partial charge in [0.25, 0.3) is 0 Å². The topological polar surface area (TPSA) is 55.5 Å². The van der Waals surface area contributed by atoms with Crippen LogP contribution >= 0.6 is 0 Å². The van der Waals surface area contributed by atoms with Gasteiger partial charge in [-0.25, -0.2) is 0 Å². The molecule has 14 heavy (non-hydrogen) atoms. The van der Waals surface area contributed by atoms with Crippen LogP contribution < -0.4 is 5.73 Å². The van der Waals surface area contributed by atoms with Crippen LogP contribution in [0, 0.1) is 5.41 Å². The highest BCUT2D eigenvalue weighted by Crippen LogP contribution is 2.48. The molecule has 1 aliphatic carbocycles. The Kier molecular flexibility index (Phi) is 2.82. The standard InChI is InChI=1S/C11H21NO2/c12-8-10(4-1-2-5-10)11(13)6-3-7-14-9-11/h13H,1-9,12H2.